The average Bonchev–Trinajstić information content (AvgIpc) is 3.35. The molecule has 15 atom stereocenters. The second kappa shape index (κ2) is 15.2. The molecule has 4 aliphatic carbocycles. The van der Waals surface area contributed by atoms with Crippen molar-refractivity contribution in [3.8, 4) is 0 Å². The lowest BCUT2D eigenvalue weighted by Crippen LogP contribution is -2.63. The molecule has 0 aromatic carbocycles. The van der Waals surface area contributed by atoms with Gasteiger partial charge >= 0.3 is 11.9 Å². The smallest absolute Gasteiger partial charge is 0.302 e. The summed E-state index contributed by atoms with van der Waals surface area (Å²) in [5.41, 5.74) is -0.00707. The lowest BCUT2D eigenvalue weighted by Gasteiger charge is -2.65. The van der Waals surface area contributed by atoms with Gasteiger partial charge in [0.2, 0.25) is 0 Å². The fourth-order valence-corrected chi connectivity index (χ4v) is 11.5. The molecule has 0 amide bonds. The Kier molecular flexibility index (Phi) is 11.9. The van der Waals surface area contributed by atoms with Gasteiger partial charge in [-0.3, -0.25) is 14.4 Å². The second-order valence-corrected chi connectivity index (χ2v) is 17.6. The molecule has 5 rings (SSSR count). The third kappa shape index (κ3) is 6.95. The lowest BCUT2D eigenvalue weighted by molar-refractivity contribution is -0.307. The average molecular weight is 735 g/mol. The van der Waals surface area contributed by atoms with E-state index in [0.717, 1.165) is 18.4 Å². The first-order valence-corrected chi connectivity index (χ1v) is 19.0. The van der Waals surface area contributed by atoms with Gasteiger partial charge in [0.15, 0.2) is 6.29 Å². The molecule has 5 aliphatic rings. The van der Waals surface area contributed by atoms with Crippen LogP contribution >= 0.6 is 0 Å². The molecule has 0 aromatic rings. The Labute approximate surface area is 307 Å². The van der Waals surface area contributed by atoms with Crippen LogP contribution in [-0.4, -0.2) is 106 Å². The maximum Gasteiger partial charge on any atom is 0.302 e. The number of rotatable bonds is 11. The van der Waals surface area contributed by atoms with Crippen LogP contribution in [0.3, 0.4) is 0 Å². The van der Waals surface area contributed by atoms with Crippen LogP contribution in [0.4, 0.5) is 0 Å². The van der Waals surface area contributed by atoms with Crippen LogP contribution in [0, 0.1) is 45.3 Å². The van der Waals surface area contributed by atoms with E-state index in [1.54, 1.807) is 0 Å². The lowest BCUT2D eigenvalue weighted by atomic mass is 9.40. The summed E-state index contributed by atoms with van der Waals surface area (Å²) in [4.78, 5) is 38.8. The minimum absolute atomic E-state index is 0.0182. The Morgan fingerprint density at radius 3 is 2.33 bits per heavy atom. The van der Waals surface area contributed by atoms with Crippen molar-refractivity contribution < 1.29 is 58.9 Å². The van der Waals surface area contributed by atoms with Crippen LogP contribution in [-0.2, 0) is 33.3 Å². The summed E-state index contributed by atoms with van der Waals surface area (Å²) in [7, 11) is 0. The molecule has 3 saturated carbocycles. The third-order valence-corrected chi connectivity index (χ3v) is 14.4. The number of Topliss-reactive ketones (excluding diaryl/α,β-unsaturated/α-hetero) is 1. The van der Waals surface area contributed by atoms with Crippen molar-refractivity contribution in [2.24, 2.45) is 45.3 Å². The van der Waals surface area contributed by atoms with Crippen molar-refractivity contribution in [2.45, 2.75) is 143 Å². The van der Waals surface area contributed by atoms with Gasteiger partial charge in [-0.25, -0.2) is 0 Å². The van der Waals surface area contributed by atoms with E-state index >= 15 is 0 Å². The van der Waals surface area contributed by atoms with Gasteiger partial charge in [0.1, 0.15) is 36.3 Å². The number of allylic oxidation sites excluding steroid dienone is 3. The van der Waals surface area contributed by atoms with E-state index in [2.05, 4.69) is 26.8 Å². The zero-order valence-corrected chi connectivity index (χ0v) is 32.2. The van der Waals surface area contributed by atoms with E-state index in [9.17, 15) is 39.9 Å². The molecule has 0 spiro atoms. The number of hydrogen-bond donors (Lipinski definition) is 5. The van der Waals surface area contributed by atoms with Crippen molar-refractivity contribution in [3.63, 3.8) is 0 Å². The summed E-state index contributed by atoms with van der Waals surface area (Å²) in [5, 5.41) is 52.0. The molecule has 1 aliphatic heterocycles. The van der Waals surface area contributed by atoms with Gasteiger partial charge < -0.3 is 44.5 Å². The summed E-state index contributed by atoms with van der Waals surface area (Å²) < 4.78 is 23.6. The van der Waals surface area contributed by atoms with Crippen LogP contribution in [0.25, 0.3) is 0 Å². The Morgan fingerprint density at radius 2 is 1.71 bits per heavy atom. The first-order valence-electron chi connectivity index (χ1n) is 19.0. The molecule has 52 heavy (non-hydrogen) atoms. The Morgan fingerprint density at radius 1 is 1.02 bits per heavy atom. The topological polar surface area (TPSA) is 189 Å². The standard InChI is InChI=1S/C40H62O12/c1-21(2)15-25(44)16-24(19-49-22(3)42)26-11-14-39(7)27-9-10-30-37(5,28(27)17-32(40(26,39)8)51-23(4)43)13-12-31(45)38(30,6)20-50-36-35(48)34(47)33(46)29(18-41)52-36/h9,15,24-26,28-30,32-36,41,44,46-48H,10-14,16-20H2,1-8H3/t24-,25+,26+,28+,29-,30-,32-,33-,34+,35-,36-,37-,38-,39-,40-/m1/s1. The van der Waals surface area contributed by atoms with Gasteiger partial charge in [-0.15, -0.1) is 0 Å². The van der Waals surface area contributed by atoms with E-state index in [1.807, 2.05) is 26.8 Å². The minimum atomic E-state index is -1.59. The number of ether oxygens (including phenoxy) is 4. The van der Waals surface area contributed by atoms with Crippen LogP contribution in [0.15, 0.2) is 23.3 Å². The second-order valence-electron chi connectivity index (χ2n) is 17.6. The normalized spacial score (nSPS) is 44.0. The summed E-state index contributed by atoms with van der Waals surface area (Å²) >= 11 is 0. The van der Waals surface area contributed by atoms with Gasteiger partial charge in [0.05, 0.1) is 31.3 Å². The number of fused-ring (bicyclic) bond motifs is 5. The summed E-state index contributed by atoms with van der Waals surface area (Å²) in [6.07, 6.45) is -0.113. The largest absolute Gasteiger partial charge is 0.466 e. The Bertz CT molecular complexity index is 1420. The zero-order chi connectivity index (χ0) is 38.6. The zero-order valence-electron chi connectivity index (χ0n) is 32.2. The molecule has 1 saturated heterocycles. The van der Waals surface area contributed by atoms with E-state index < -0.39 is 65.8 Å². The van der Waals surface area contributed by atoms with Crippen molar-refractivity contribution in [1.82, 2.24) is 0 Å². The van der Waals surface area contributed by atoms with Crippen molar-refractivity contribution in [3.05, 3.63) is 23.3 Å². The molecule has 5 N–H and O–H groups in total. The molecule has 12 nitrogen and oxygen atoms in total. The number of aliphatic hydroxyl groups excluding tert-OH is 5. The number of aliphatic hydroxyl groups is 5. The highest BCUT2D eigenvalue weighted by Gasteiger charge is 2.70. The monoisotopic (exact) mass is 734 g/mol. The SMILES string of the molecule is CC(=O)OC[C@@H](C[C@@H](O)C=C(C)C)[C@@H]1CC[C@]2(C)C3=CC[C@@H]4[C@](C)(CCC(=O)[C@]4(C)CO[C@@H]4O[C@H](CO)[C@@H](O)[C@H](O)[C@H]4O)[C@H]3C[C@@H](OC(C)=O)[C@@]12C. The molecule has 0 radical (unpaired) electrons. The molecule has 294 valence electrons. The van der Waals surface area contributed by atoms with Gasteiger partial charge in [-0.05, 0) is 86.9 Å². The predicted octanol–water partition coefficient (Wildman–Crippen LogP) is 3.40. The fraction of sp³-hybridized carbons (Fsp3) is 0.825. The van der Waals surface area contributed by atoms with Crippen molar-refractivity contribution >= 4 is 17.7 Å². The molecular formula is C40H62O12. The van der Waals surface area contributed by atoms with Gasteiger partial charge in [-0.1, -0.05) is 51.0 Å². The van der Waals surface area contributed by atoms with Gasteiger partial charge in [0.25, 0.3) is 0 Å². The predicted molar refractivity (Wildman–Crippen MR) is 189 cm³/mol. The number of ketones is 1. The van der Waals surface area contributed by atoms with Gasteiger partial charge in [-0.2, -0.15) is 0 Å². The van der Waals surface area contributed by atoms with E-state index in [1.165, 1.54) is 19.4 Å². The van der Waals surface area contributed by atoms with E-state index in [-0.39, 0.29) is 60.0 Å². The number of esters is 2. The fourth-order valence-electron chi connectivity index (χ4n) is 11.5. The summed E-state index contributed by atoms with van der Waals surface area (Å²) in [5.74, 6) is -1.12. The highest BCUT2D eigenvalue weighted by atomic mass is 16.7. The molecule has 12 heteroatoms. The minimum Gasteiger partial charge on any atom is -0.466 e. The first kappa shape index (κ1) is 41.0. The molecule has 1 heterocycles. The van der Waals surface area contributed by atoms with E-state index in [0.29, 0.717) is 32.1 Å². The van der Waals surface area contributed by atoms with E-state index in [4.69, 9.17) is 18.9 Å². The summed E-state index contributed by atoms with van der Waals surface area (Å²) in [6, 6.07) is 0. The maximum absolute atomic E-state index is 13.9. The van der Waals surface area contributed by atoms with Crippen LogP contribution in [0.2, 0.25) is 0 Å². The highest BCUT2D eigenvalue weighted by Crippen LogP contribution is 2.73. The Hall–Kier alpha value is -2.19. The first-order chi connectivity index (χ1) is 24.2. The molecule has 0 unspecified atom stereocenters. The van der Waals surface area contributed by atoms with Gasteiger partial charge in [0, 0.05) is 25.7 Å². The number of carbonyl (C=O) groups is 3. The summed E-state index contributed by atoms with van der Waals surface area (Å²) in [6.45, 7) is 14.8. The van der Waals surface area contributed by atoms with Crippen LogP contribution < -0.4 is 0 Å². The number of hydrogen-bond acceptors (Lipinski definition) is 12. The maximum atomic E-state index is 13.9. The molecule has 0 bridgehead atoms. The molecule has 0 aromatic heterocycles. The van der Waals surface area contributed by atoms with Crippen molar-refractivity contribution in [1.29, 1.82) is 0 Å². The quantitative estimate of drug-likeness (QED) is 0.154. The van der Waals surface area contributed by atoms with Crippen LogP contribution in [0.5, 0.6) is 0 Å². The van der Waals surface area contributed by atoms with Crippen LogP contribution in [0.1, 0.15) is 100 Å². The molecular weight excluding hydrogens is 672 g/mol. The highest BCUT2D eigenvalue weighted by molar-refractivity contribution is 5.86. The Balaban J connectivity index is 1.50. The molecule has 4 fully saturated rings. The third-order valence-electron chi connectivity index (χ3n) is 14.4. The van der Waals surface area contributed by atoms with Crippen molar-refractivity contribution in [2.75, 3.05) is 19.8 Å². The number of carbonyl (C=O) groups excluding carboxylic acids is 3.